The van der Waals surface area contributed by atoms with Crippen LogP contribution in [0.3, 0.4) is 0 Å². The van der Waals surface area contributed by atoms with E-state index >= 15 is 0 Å². The maximum Gasteiger partial charge on any atom is 0.416 e. The molecule has 0 aromatic heterocycles. The average molecular weight is 335 g/mol. The number of nitrogens with zero attached hydrogens (tertiary/aromatic N) is 1. The predicted octanol–water partition coefficient (Wildman–Crippen LogP) is 3.91. The maximum atomic E-state index is 12.6. The number of rotatable bonds is 4. The van der Waals surface area contributed by atoms with E-state index in [0.717, 1.165) is 23.3 Å². The maximum absolute atomic E-state index is 12.6. The van der Waals surface area contributed by atoms with Crippen molar-refractivity contribution in [1.29, 1.82) is 0 Å². The molecule has 1 aliphatic heterocycles. The lowest BCUT2D eigenvalue weighted by atomic mass is 10.1. The molecule has 0 N–H and O–H groups in total. The van der Waals surface area contributed by atoms with Gasteiger partial charge >= 0.3 is 6.18 Å². The van der Waals surface area contributed by atoms with Crippen molar-refractivity contribution in [1.82, 2.24) is 4.90 Å². The molecule has 1 heterocycles. The van der Waals surface area contributed by atoms with E-state index in [1.807, 2.05) is 12.1 Å². The highest BCUT2D eigenvalue weighted by molar-refractivity contribution is 5.98. The van der Waals surface area contributed by atoms with Gasteiger partial charge < -0.3 is 9.64 Å². The number of amides is 1. The zero-order valence-electron chi connectivity index (χ0n) is 13.1. The highest BCUT2D eigenvalue weighted by Crippen LogP contribution is 2.30. The Morgan fingerprint density at radius 3 is 2.46 bits per heavy atom. The van der Waals surface area contributed by atoms with Gasteiger partial charge in [-0.05, 0) is 41.8 Å². The smallest absolute Gasteiger partial charge is 0.416 e. The fraction of sp³-hybridized carbons (Fsp3) is 0.278. The van der Waals surface area contributed by atoms with Gasteiger partial charge in [-0.15, -0.1) is 0 Å². The SMILES string of the molecule is COc1ccc2c(c1)C(=O)N(CCc1ccc(C(F)(F)F)cc1)C2. The molecule has 0 aliphatic carbocycles. The van der Waals surface area contributed by atoms with Crippen LogP contribution in [0.4, 0.5) is 13.2 Å². The lowest BCUT2D eigenvalue weighted by molar-refractivity contribution is -0.137. The van der Waals surface area contributed by atoms with Gasteiger partial charge in [0.2, 0.25) is 0 Å². The summed E-state index contributed by atoms with van der Waals surface area (Å²) >= 11 is 0. The molecular weight excluding hydrogens is 319 g/mol. The standard InChI is InChI=1S/C18H16F3NO2/c1-24-15-7-4-13-11-22(17(23)16(13)10-15)9-8-12-2-5-14(6-3-12)18(19,20)21/h2-7,10H,8-9,11H2,1H3. The van der Waals surface area contributed by atoms with Crippen LogP contribution in [0, 0.1) is 0 Å². The van der Waals surface area contributed by atoms with E-state index in [-0.39, 0.29) is 5.91 Å². The highest BCUT2D eigenvalue weighted by Gasteiger charge is 2.30. The molecule has 1 aliphatic rings. The molecule has 2 aromatic carbocycles. The first kappa shape index (κ1) is 16.4. The zero-order chi connectivity index (χ0) is 17.3. The first-order valence-electron chi connectivity index (χ1n) is 7.51. The van der Waals surface area contributed by atoms with Gasteiger partial charge in [0.15, 0.2) is 0 Å². The fourth-order valence-electron chi connectivity index (χ4n) is 2.77. The Balaban J connectivity index is 1.65. The molecule has 24 heavy (non-hydrogen) atoms. The average Bonchev–Trinajstić information content (AvgIpc) is 2.88. The van der Waals surface area contributed by atoms with E-state index in [2.05, 4.69) is 0 Å². The molecule has 0 saturated heterocycles. The Labute approximate surface area is 137 Å². The Kier molecular flexibility index (Phi) is 4.22. The van der Waals surface area contributed by atoms with Gasteiger partial charge in [0.25, 0.3) is 5.91 Å². The molecule has 0 radical (unpaired) electrons. The molecule has 1 amide bonds. The largest absolute Gasteiger partial charge is 0.497 e. The molecule has 126 valence electrons. The van der Waals surface area contributed by atoms with Crippen molar-refractivity contribution >= 4 is 5.91 Å². The molecule has 0 saturated carbocycles. The summed E-state index contributed by atoms with van der Waals surface area (Å²) in [6, 6.07) is 10.5. The number of halogens is 3. The van der Waals surface area contributed by atoms with Crippen molar-refractivity contribution in [2.45, 2.75) is 19.1 Å². The first-order chi connectivity index (χ1) is 11.4. The molecule has 0 spiro atoms. The van der Waals surface area contributed by atoms with Crippen molar-refractivity contribution in [3.63, 3.8) is 0 Å². The summed E-state index contributed by atoms with van der Waals surface area (Å²) in [7, 11) is 1.55. The second-order valence-electron chi connectivity index (χ2n) is 5.69. The first-order valence-corrected chi connectivity index (χ1v) is 7.51. The van der Waals surface area contributed by atoms with Crippen molar-refractivity contribution < 1.29 is 22.7 Å². The van der Waals surface area contributed by atoms with Crippen molar-refractivity contribution in [2.24, 2.45) is 0 Å². The number of fused-ring (bicyclic) bond motifs is 1. The number of hydrogen-bond donors (Lipinski definition) is 0. The van der Waals surface area contributed by atoms with Crippen LogP contribution in [0.2, 0.25) is 0 Å². The summed E-state index contributed by atoms with van der Waals surface area (Å²) in [5.41, 5.74) is 1.67. The molecule has 0 unspecified atom stereocenters. The van der Waals surface area contributed by atoms with E-state index in [4.69, 9.17) is 4.74 Å². The summed E-state index contributed by atoms with van der Waals surface area (Å²) in [6.07, 6.45) is -3.82. The predicted molar refractivity (Wildman–Crippen MR) is 82.9 cm³/mol. The van der Waals surface area contributed by atoms with Crippen LogP contribution < -0.4 is 4.74 Å². The number of alkyl halides is 3. The van der Waals surface area contributed by atoms with Crippen LogP contribution in [0.1, 0.15) is 27.0 Å². The van der Waals surface area contributed by atoms with Crippen LogP contribution in [-0.4, -0.2) is 24.5 Å². The van der Waals surface area contributed by atoms with Crippen LogP contribution in [0.15, 0.2) is 42.5 Å². The summed E-state index contributed by atoms with van der Waals surface area (Å²) in [6.45, 7) is 0.972. The quantitative estimate of drug-likeness (QED) is 0.848. The van der Waals surface area contributed by atoms with E-state index in [9.17, 15) is 18.0 Å². The molecule has 0 atom stereocenters. The number of hydrogen-bond acceptors (Lipinski definition) is 2. The van der Waals surface area contributed by atoms with Gasteiger partial charge in [-0.25, -0.2) is 0 Å². The number of ether oxygens (including phenoxy) is 1. The summed E-state index contributed by atoms with van der Waals surface area (Å²) < 4.78 is 42.8. The summed E-state index contributed by atoms with van der Waals surface area (Å²) in [5, 5.41) is 0. The van der Waals surface area contributed by atoms with Crippen LogP contribution in [-0.2, 0) is 19.1 Å². The van der Waals surface area contributed by atoms with Crippen molar-refractivity contribution in [2.75, 3.05) is 13.7 Å². The number of carbonyl (C=O) groups is 1. The molecule has 6 heteroatoms. The van der Waals surface area contributed by atoms with Gasteiger partial charge in [0, 0.05) is 18.7 Å². The molecule has 2 aromatic rings. The minimum atomic E-state index is -4.33. The monoisotopic (exact) mass is 335 g/mol. The van der Waals surface area contributed by atoms with Gasteiger partial charge in [-0.1, -0.05) is 18.2 Å². The van der Waals surface area contributed by atoms with Gasteiger partial charge in [-0.2, -0.15) is 13.2 Å². The highest BCUT2D eigenvalue weighted by atomic mass is 19.4. The second kappa shape index (κ2) is 6.19. The number of carbonyl (C=O) groups excluding carboxylic acids is 1. The molecular formula is C18H16F3NO2. The summed E-state index contributed by atoms with van der Waals surface area (Å²) in [4.78, 5) is 14.1. The summed E-state index contributed by atoms with van der Waals surface area (Å²) in [5.74, 6) is 0.558. The van der Waals surface area contributed by atoms with E-state index < -0.39 is 11.7 Å². The van der Waals surface area contributed by atoms with Gasteiger partial charge in [-0.3, -0.25) is 4.79 Å². The van der Waals surface area contributed by atoms with Gasteiger partial charge in [0.05, 0.1) is 12.7 Å². The Morgan fingerprint density at radius 2 is 1.83 bits per heavy atom. The minimum Gasteiger partial charge on any atom is -0.497 e. The fourth-order valence-corrected chi connectivity index (χ4v) is 2.77. The third kappa shape index (κ3) is 3.22. The van der Waals surface area contributed by atoms with E-state index in [0.29, 0.717) is 30.8 Å². The Bertz CT molecular complexity index is 754. The number of benzene rings is 2. The third-order valence-corrected chi connectivity index (χ3v) is 4.15. The topological polar surface area (TPSA) is 29.5 Å². The molecule has 3 nitrogen and oxygen atoms in total. The lowest BCUT2D eigenvalue weighted by Crippen LogP contribution is -2.26. The van der Waals surface area contributed by atoms with Crippen LogP contribution in [0.25, 0.3) is 0 Å². The lowest BCUT2D eigenvalue weighted by Gasteiger charge is -2.15. The van der Waals surface area contributed by atoms with Crippen molar-refractivity contribution in [3.8, 4) is 5.75 Å². The molecule has 0 fully saturated rings. The van der Waals surface area contributed by atoms with Crippen LogP contribution in [0.5, 0.6) is 5.75 Å². The van der Waals surface area contributed by atoms with Crippen molar-refractivity contribution in [3.05, 3.63) is 64.7 Å². The third-order valence-electron chi connectivity index (χ3n) is 4.15. The van der Waals surface area contributed by atoms with Crippen LogP contribution >= 0.6 is 0 Å². The van der Waals surface area contributed by atoms with E-state index in [1.165, 1.54) is 12.1 Å². The zero-order valence-corrected chi connectivity index (χ0v) is 13.1. The minimum absolute atomic E-state index is 0.0733. The second-order valence-corrected chi connectivity index (χ2v) is 5.69. The van der Waals surface area contributed by atoms with Gasteiger partial charge in [0.1, 0.15) is 5.75 Å². The Morgan fingerprint density at radius 1 is 1.12 bits per heavy atom. The molecule has 3 rings (SSSR count). The Hall–Kier alpha value is -2.50. The number of methoxy groups -OCH3 is 1. The van der Waals surface area contributed by atoms with E-state index in [1.54, 1.807) is 18.1 Å². The normalized spacial score (nSPS) is 14.0. The molecule has 0 bridgehead atoms.